The summed E-state index contributed by atoms with van der Waals surface area (Å²) in [5.74, 6) is 0.964. The molecule has 0 aliphatic carbocycles. The number of hydrogen-bond acceptors (Lipinski definition) is 6. The van der Waals surface area contributed by atoms with Gasteiger partial charge in [-0.05, 0) is 50.2 Å². The third kappa shape index (κ3) is 6.00. The van der Waals surface area contributed by atoms with Gasteiger partial charge in [-0.15, -0.1) is 10.2 Å². The van der Waals surface area contributed by atoms with Gasteiger partial charge in [0, 0.05) is 29.4 Å². The first kappa shape index (κ1) is 23.1. The molecule has 1 amide bonds. The molecule has 1 N–H and O–H groups in total. The van der Waals surface area contributed by atoms with Crippen molar-refractivity contribution >= 4 is 52.3 Å². The summed E-state index contributed by atoms with van der Waals surface area (Å²) >= 11 is 13.4. The van der Waals surface area contributed by atoms with Crippen molar-refractivity contribution in [1.29, 1.82) is 0 Å². The Hall–Kier alpha value is -2.55. The summed E-state index contributed by atoms with van der Waals surface area (Å²) in [5, 5.41) is 12.7. The van der Waals surface area contributed by atoms with Crippen LogP contribution in [-0.4, -0.2) is 32.2 Å². The van der Waals surface area contributed by atoms with Crippen LogP contribution in [0.1, 0.15) is 36.1 Å². The van der Waals surface area contributed by atoms with Crippen molar-refractivity contribution in [2.24, 2.45) is 7.05 Å². The van der Waals surface area contributed by atoms with Crippen LogP contribution >= 0.6 is 35.0 Å². The van der Waals surface area contributed by atoms with Crippen LogP contribution in [0.2, 0.25) is 10.0 Å². The number of carbonyl (C=O) groups is 2. The van der Waals surface area contributed by atoms with Crippen LogP contribution in [0.25, 0.3) is 0 Å². The number of aromatic nitrogens is 3. The zero-order chi connectivity index (χ0) is 22.5. The molecular weight excluding hydrogens is 459 g/mol. The minimum absolute atomic E-state index is 0.0256. The number of thioether (sulfide) groups is 1. The van der Waals surface area contributed by atoms with Crippen LogP contribution in [0.4, 0.5) is 5.69 Å². The minimum atomic E-state index is -0.434. The van der Waals surface area contributed by atoms with Gasteiger partial charge in [-0.25, -0.2) is 0 Å². The van der Waals surface area contributed by atoms with E-state index in [2.05, 4.69) is 15.5 Å². The Labute approximate surface area is 194 Å². The average Bonchev–Trinajstić information content (AvgIpc) is 3.10. The molecule has 0 spiro atoms. The third-order valence-electron chi connectivity index (χ3n) is 4.34. The maximum atomic E-state index is 12.3. The molecule has 0 saturated heterocycles. The van der Waals surface area contributed by atoms with E-state index < -0.39 is 6.10 Å². The molecule has 31 heavy (non-hydrogen) atoms. The fourth-order valence-electron chi connectivity index (χ4n) is 2.73. The summed E-state index contributed by atoms with van der Waals surface area (Å²) in [5.41, 5.74) is 1.21. The normalized spacial score (nSPS) is 11.8. The van der Waals surface area contributed by atoms with E-state index in [4.69, 9.17) is 27.9 Å². The molecule has 0 fully saturated rings. The molecule has 1 aromatic heterocycles. The molecule has 7 nitrogen and oxygen atoms in total. The fraction of sp³-hybridized carbons (Fsp3) is 0.238. The number of Topliss-reactive ketones (excluding diaryl/α,β-unsaturated/α-hetero) is 1. The van der Waals surface area contributed by atoms with E-state index in [9.17, 15) is 9.59 Å². The standard InChI is InChI=1S/C21H20Cl2N4O3S/c1-12(28)14-4-7-16(8-5-14)24-19(29)11-31-21-26-25-20(27(21)3)13(2)30-18-10-15(22)6-9-17(18)23/h4-10,13H,11H2,1-3H3,(H,24,29). The Kier molecular flexibility index (Phi) is 7.59. The zero-order valence-corrected chi connectivity index (χ0v) is 19.4. The number of nitrogens with zero attached hydrogens (tertiary/aromatic N) is 3. The van der Waals surface area contributed by atoms with Crippen molar-refractivity contribution in [2.75, 3.05) is 11.1 Å². The number of amides is 1. The van der Waals surface area contributed by atoms with E-state index in [0.29, 0.717) is 38.0 Å². The van der Waals surface area contributed by atoms with Crippen LogP contribution in [-0.2, 0) is 11.8 Å². The molecule has 3 aromatic rings. The summed E-state index contributed by atoms with van der Waals surface area (Å²) in [6.45, 7) is 3.32. The van der Waals surface area contributed by atoms with Crippen LogP contribution in [0.15, 0.2) is 47.6 Å². The monoisotopic (exact) mass is 478 g/mol. The van der Waals surface area contributed by atoms with E-state index in [1.165, 1.54) is 18.7 Å². The van der Waals surface area contributed by atoms with Crippen molar-refractivity contribution in [3.8, 4) is 5.75 Å². The summed E-state index contributed by atoms with van der Waals surface area (Å²) in [6.07, 6.45) is -0.434. The van der Waals surface area contributed by atoms with Crippen molar-refractivity contribution in [1.82, 2.24) is 14.8 Å². The van der Waals surface area contributed by atoms with E-state index >= 15 is 0 Å². The van der Waals surface area contributed by atoms with Gasteiger partial charge in [0.15, 0.2) is 22.9 Å². The summed E-state index contributed by atoms with van der Waals surface area (Å²) < 4.78 is 7.65. The fourth-order valence-corrected chi connectivity index (χ4v) is 3.77. The quantitative estimate of drug-likeness (QED) is 0.353. The van der Waals surface area contributed by atoms with Gasteiger partial charge in [0.05, 0.1) is 10.8 Å². The second-order valence-corrected chi connectivity index (χ2v) is 8.49. The number of carbonyl (C=O) groups excluding carboxylic acids is 2. The number of hydrogen-bond donors (Lipinski definition) is 1. The summed E-state index contributed by atoms with van der Waals surface area (Å²) in [4.78, 5) is 23.6. The maximum Gasteiger partial charge on any atom is 0.234 e. The smallest absolute Gasteiger partial charge is 0.234 e. The van der Waals surface area contributed by atoms with E-state index in [0.717, 1.165) is 0 Å². The third-order valence-corrected chi connectivity index (χ3v) is 5.90. The lowest BCUT2D eigenvalue weighted by atomic mass is 10.1. The SMILES string of the molecule is CC(=O)c1ccc(NC(=O)CSc2nnc(C(C)Oc3cc(Cl)ccc3Cl)n2C)cc1. The van der Waals surface area contributed by atoms with Crippen molar-refractivity contribution in [3.63, 3.8) is 0 Å². The number of halogens is 2. The number of benzene rings is 2. The number of rotatable bonds is 8. The average molecular weight is 479 g/mol. The molecule has 0 aliphatic heterocycles. The molecule has 1 unspecified atom stereocenters. The predicted molar refractivity (Wildman–Crippen MR) is 122 cm³/mol. The van der Waals surface area contributed by atoms with E-state index in [1.54, 1.807) is 54.1 Å². The Morgan fingerprint density at radius 1 is 1.16 bits per heavy atom. The van der Waals surface area contributed by atoms with Crippen molar-refractivity contribution < 1.29 is 14.3 Å². The van der Waals surface area contributed by atoms with Gasteiger partial charge in [0.2, 0.25) is 5.91 Å². The Morgan fingerprint density at radius 3 is 2.55 bits per heavy atom. The van der Waals surface area contributed by atoms with E-state index in [1.807, 2.05) is 6.92 Å². The molecule has 0 bridgehead atoms. The molecular formula is C21H20Cl2N4O3S. The lowest BCUT2D eigenvalue weighted by Crippen LogP contribution is -2.15. The second-order valence-electron chi connectivity index (χ2n) is 6.71. The molecule has 1 atom stereocenters. The highest BCUT2D eigenvalue weighted by molar-refractivity contribution is 7.99. The van der Waals surface area contributed by atoms with Crippen molar-refractivity contribution in [2.45, 2.75) is 25.1 Å². The van der Waals surface area contributed by atoms with Gasteiger partial charge in [0.25, 0.3) is 0 Å². The van der Waals surface area contributed by atoms with Gasteiger partial charge in [-0.2, -0.15) is 0 Å². The summed E-state index contributed by atoms with van der Waals surface area (Å²) in [7, 11) is 1.80. The highest BCUT2D eigenvalue weighted by Crippen LogP contribution is 2.31. The van der Waals surface area contributed by atoms with Gasteiger partial charge in [0.1, 0.15) is 5.75 Å². The molecule has 2 aromatic carbocycles. The number of anilines is 1. The first-order valence-corrected chi connectivity index (χ1v) is 11.0. The van der Waals surface area contributed by atoms with Gasteiger partial charge in [-0.3, -0.25) is 9.59 Å². The highest BCUT2D eigenvalue weighted by atomic mass is 35.5. The molecule has 0 saturated carbocycles. The molecule has 0 radical (unpaired) electrons. The number of ether oxygens (including phenoxy) is 1. The molecule has 1 heterocycles. The Morgan fingerprint density at radius 2 is 1.87 bits per heavy atom. The Bertz CT molecular complexity index is 1100. The van der Waals surface area contributed by atoms with Gasteiger partial charge in [-0.1, -0.05) is 35.0 Å². The topological polar surface area (TPSA) is 86.1 Å². The molecule has 10 heteroatoms. The largest absolute Gasteiger partial charge is 0.481 e. The zero-order valence-electron chi connectivity index (χ0n) is 17.1. The second kappa shape index (κ2) is 10.2. The predicted octanol–water partition coefficient (Wildman–Crippen LogP) is 5.20. The highest BCUT2D eigenvalue weighted by Gasteiger charge is 2.19. The molecule has 3 rings (SSSR count). The van der Waals surface area contributed by atoms with Crippen molar-refractivity contribution in [3.05, 3.63) is 63.9 Å². The number of ketones is 1. The summed E-state index contributed by atoms with van der Waals surface area (Å²) in [6, 6.07) is 11.7. The maximum absolute atomic E-state index is 12.3. The molecule has 0 aliphatic rings. The number of nitrogens with one attached hydrogen (secondary N) is 1. The van der Waals surface area contributed by atoms with E-state index in [-0.39, 0.29) is 17.4 Å². The van der Waals surface area contributed by atoms with Gasteiger partial charge < -0.3 is 14.6 Å². The lowest BCUT2D eigenvalue weighted by molar-refractivity contribution is -0.113. The molecule has 162 valence electrons. The lowest BCUT2D eigenvalue weighted by Gasteiger charge is -2.15. The van der Waals surface area contributed by atoms with Crippen LogP contribution in [0, 0.1) is 0 Å². The van der Waals surface area contributed by atoms with Crippen LogP contribution < -0.4 is 10.1 Å². The van der Waals surface area contributed by atoms with Gasteiger partial charge >= 0.3 is 0 Å². The first-order valence-electron chi connectivity index (χ1n) is 9.29. The Balaban J connectivity index is 1.58. The minimum Gasteiger partial charge on any atom is -0.481 e. The van der Waals surface area contributed by atoms with Crippen LogP contribution in [0.3, 0.4) is 0 Å². The van der Waals surface area contributed by atoms with Crippen LogP contribution in [0.5, 0.6) is 5.75 Å². The first-order chi connectivity index (χ1) is 14.7.